The topological polar surface area (TPSA) is 88.5 Å². The number of amides is 2. The fourth-order valence-corrected chi connectivity index (χ4v) is 5.78. The van der Waals surface area contributed by atoms with Crippen LogP contribution in [0.2, 0.25) is 0 Å². The smallest absolute Gasteiger partial charge is 0.326 e. The predicted octanol–water partition coefficient (Wildman–Crippen LogP) is 4.88. The number of aromatic nitrogens is 2. The maximum Gasteiger partial charge on any atom is 0.326 e. The first-order valence-electron chi connectivity index (χ1n) is 11.9. The summed E-state index contributed by atoms with van der Waals surface area (Å²) in [7, 11) is 1.69. The summed E-state index contributed by atoms with van der Waals surface area (Å²) in [5.74, 6) is 0.0289. The molecule has 1 aliphatic carbocycles. The maximum atomic E-state index is 13.1. The van der Waals surface area contributed by atoms with Crippen LogP contribution in [-0.2, 0) is 4.74 Å². The molecule has 2 amide bonds. The summed E-state index contributed by atoms with van der Waals surface area (Å²) in [4.78, 5) is 32.8. The van der Waals surface area contributed by atoms with Gasteiger partial charge in [-0.25, -0.2) is 4.79 Å². The van der Waals surface area contributed by atoms with E-state index in [1.54, 1.807) is 17.9 Å². The van der Waals surface area contributed by atoms with Crippen molar-refractivity contribution in [2.45, 2.75) is 38.3 Å². The minimum Gasteiger partial charge on any atom is -0.380 e. The summed E-state index contributed by atoms with van der Waals surface area (Å²) in [6.45, 7) is 3.28. The summed E-state index contributed by atoms with van der Waals surface area (Å²) >= 11 is 1.46. The number of nitrogens with one attached hydrogen (secondary N) is 2. The predicted molar refractivity (Wildman–Crippen MR) is 138 cm³/mol. The molecule has 1 aliphatic heterocycles. The van der Waals surface area contributed by atoms with Crippen molar-refractivity contribution >= 4 is 55.8 Å². The first-order valence-corrected chi connectivity index (χ1v) is 12.7. The Morgan fingerprint density at radius 1 is 1.14 bits per heavy atom. The van der Waals surface area contributed by atoms with Gasteiger partial charge >= 0.3 is 6.03 Å². The molecule has 4 heterocycles. The molecule has 6 rings (SSSR count). The van der Waals surface area contributed by atoms with Crippen LogP contribution < -0.4 is 10.6 Å². The zero-order valence-electron chi connectivity index (χ0n) is 19.7. The Morgan fingerprint density at radius 2 is 2.00 bits per heavy atom. The fraction of sp³-hybridized carbons (Fsp3) is 0.346. The van der Waals surface area contributed by atoms with Crippen LogP contribution in [0.1, 0.15) is 34.6 Å². The van der Waals surface area contributed by atoms with Gasteiger partial charge in [-0.15, -0.1) is 11.3 Å². The van der Waals surface area contributed by atoms with Crippen LogP contribution >= 0.6 is 11.3 Å². The third kappa shape index (κ3) is 4.15. The van der Waals surface area contributed by atoms with Gasteiger partial charge in [0.2, 0.25) is 0 Å². The monoisotopic (exact) mass is 489 g/mol. The minimum atomic E-state index is -0.0674. The summed E-state index contributed by atoms with van der Waals surface area (Å²) in [5.41, 5.74) is 4.40. The fourth-order valence-electron chi connectivity index (χ4n) is 4.73. The van der Waals surface area contributed by atoms with Gasteiger partial charge in [-0.1, -0.05) is 0 Å². The van der Waals surface area contributed by atoms with Crippen molar-refractivity contribution < 1.29 is 14.3 Å². The molecule has 1 saturated carbocycles. The average molecular weight is 490 g/mol. The molecule has 2 fully saturated rings. The Morgan fingerprint density at radius 3 is 2.77 bits per heavy atom. The lowest BCUT2D eigenvalue weighted by Crippen LogP contribution is -2.30. The van der Waals surface area contributed by atoms with Crippen molar-refractivity contribution in [3.05, 3.63) is 53.2 Å². The van der Waals surface area contributed by atoms with E-state index in [-0.39, 0.29) is 18.0 Å². The van der Waals surface area contributed by atoms with Crippen molar-refractivity contribution in [2.75, 3.05) is 25.5 Å². The number of aryl methyl sites for hydroxylation is 1. The third-order valence-electron chi connectivity index (χ3n) is 6.76. The first kappa shape index (κ1) is 22.1. The zero-order valence-corrected chi connectivity index (χ0v) is 20.5. The van der Waals surface area contributed by atoms with Crippen LogP contribution in [0.25, 0.3) is 21.1 Å². The van der Waals surface area contributed by atoms with E-state index in [1.165, 1.54) is 11.3 Å². The summed E-state index contributed by atoms with van der Waals surface area (Å²) in [6, 6.07) is 12.1. The molecule has 0 spiro atoms. The highest BCUT2D eigenvalue weighted by Crippen LogP contribution is 2.34. The number of carbonyl (C=O) groups is 2. The molecule has 4 aromatic rings. The second kappa shape index (κ2) is 8.66. The van der Waals surface area contributed by atoms with E-state index in [0.717, 1.165) is 57.5 Å². The molecule has 1 saturated heterocycles. The van der Waals surface area contributed by atoms with Gasteiger partial charge in [0.05, 0.1) is 32.4 Å². The first-order chi connectivity index (χ1) is 17.0. The van der Waals surface area contributed by atoms with Crippen molar-refractivity contribution in [3.63, 3.8) is 0 Å². The van der Waals surface area contributed by atoms with E-state index >= 15 is 0 Å². The number of carbonyl (C=O) groups excluding carboxylic acids is 2. The molecule has 2 aliphatic rings. The average Bonchev–Trinajstić information content (AvgIpc) is 3.24. The molecular formula is C26H27N5O3S. The number of rotatable bonds is 5. The molecular weight excluding hydrogens is 462 g/mol. The van der Waals surface area contributed by atoms with E-state index in [0.29, 0.717) is 24.0 Å². The van der Waals surface area contributed by atoms with Gasteiger partial charge in [-0.2, -0.15) is 0 Å². The third-order valence-corrected chi connectivity index (χ3v) is 7.91. The highest BCUT2D eigenvalue weighted by molar-refractivity contribution is 7.21. The molecule has 0 radical (unpaired) electrons. The van der Waals surface area contributed by atoms with Gasteiger partial charge in [0.15, 0.2) is 0 Å². The van der Waals surface area contributed by atoms with E-state index in [2.05, 4.69) is 15.6 Å². The number of hydrogen-bond donors (Lipinski definition) is 2. The largest absolute Gasteiger partial charge is 0.380 e. The van der Waals surface area contributed by atoms with E-state index in [1.807, 2.05) is 48.2 Å². The number of hydrogen-bond acceptors (Lipinski definition) is 6. The normalized spacial score (nSPS) is 17.9. The highest BCUT2D eigenvalue weighted by atomic mass is 32.1. The number of fused-ring (bicyclic) bond motifs is 2. The molecule has 0 unspecified atom stereocenters. The maximum absolute atomic E-state index is 13.1. The number of nitrogens with zero attached hydrogens (tertiary/aromatic N) is 3. The molecule has 0 bridgehead atoms. The molecule has 1 aromatic carbocycles. The molecule has 2 N–H and O–H groups in total. The molecule has 9 heteroatoms. The molecule has 35 heavy (non-hydrogen) atoms. The Balaban J connectivity index is 1.27. The van der Waals surface area contributed by atoms with Crippen LogP contribution in [0, 0.1) is 6.92 Å². The Kier molecular flexibility index (Phi) is 5.46. The summed E-state index contributed by atoms with van der Waals surface area (Å²) in [6.07, 6.45) is 4.84. The van der Waals surface area contributed by atoms with E-state index < -0.39 is 0 Å². The number of pyridine rings is 1. The van der Waals surface area contributed by atoms with Gasteiger partial charge in [-0.3, -0.25) is 14.3 Å². The second-order valence-corrected chi connectivity index (χ2v) is 10.4. The molecule has 180 valence electrons. The molecule has 3 aromatic heterocycles. The molecule has 8 nitrogen and oxygen atoms in total. The lowest BCUT2D eigenvalue weighted by Gasteiger charge is -2.14. The van der Waals surface area contributed by atoms with Gasteiger partial charge in [0.25, 0.3) is 5.91 Å². The summed E-state index contributed by atoms with van der Waals surface area (Å²) in [5, 5.41) is 7.55. The van der Waals surface area contributed by atoms with Crippen LogP contribution in [0.3, 0.4) is 0 Å². The quantitative estimate of drug-likeness (QED) is 0.417. The number of thiophene rings is 1. The molecule has 1 atom stereocenters. The zero-order chi connectivity index (χ0) is 24.1. The van der Waals surface area contributed by atoms with Crippen molar-refractivity contribution in [1.82, 2.24) is 19.8 Å². The Hall–Kier alpha value is -3.43. The van der Waals surface area contributed by atoms with Crippen molar-refractivity contribution in [2.24, 2.45) is 0 Å². The number of anilines is 2. The Labute approximate surface area is 206 Å². The highest BCUT2D eigenvalue weighted by Gasteiger charge is 2.28. The van der Waals surface area contributed by atoms with Gasteiger partial charge in [0, 0.05) is 49.2 Å². The number of benzene rings is 1. The standard InChI is InChI=1S/C26H27N5O3S/c1-15-11-16-12-18(5-6-22(16)31(15)26(33)29-17-3-4-17)28-20-7-9-27-21-13-23(35-24(20)21)25(32)30-10-8-19(14-30)34-2/h5-7,9,11-13,17,19H,3-4,8,10,14H2,1-2H3,(H,27,28)(H,29,33)/t19-/m0/s1. The van der Waals surface area contributed by atoms with Gasteiger partial charge in [-0.05, 0) is 62.6 Å². The minimum absolute atomic E-state index is 0.0289. The van der Waals surface area contributed by atoms with E-state index in [9.17, 15) is 9.59 Å². The SMILES string of the molecule is CO[C@H]1CCN(C(=O)c2cc3nccc(Nc4ccc5c(c4)cc(C)n5C(=O)NC4CC4)c3s2)C1. The van der Waals surface area contributed by atoms with Gasteiger partial charge in [0.1, 0.15) is 0 Å². The lowest BCUT2D eigenvalue weighted by atomic mass is 10.2. The van der Waals surface area contributed by atoms with Crippen molar-refractivity contribution in [1.29, 1.82) is 0 Å². The van der Waals surface area contributed by atoms with Crippen LogP contribution in [0.4, 0.5) is 16.2 Å². The van der Waals surface area contributed by atoms with Crippen LogP contribution in [0.5, 0.6) is 0 Å². The van der Waals surface area contributed by atoms with Crippen molar-refractivity contribution in [3.8, 4) is 0 Å². The van der Waals surface area contributed by atoms with Gasteiger partial charge < -0.3 is 20.3 Å². The number of methoxy groups -OCH3 is 1. The van der Waals surface area contributed by atoms with Crippen LogP contribution in [0.15, 0.2) is 42.6 Å². The van der Waals surface area contributed by atoms with Crippen LogP contribution in [-0.4, -0.2) is 58.7 Å². The number of likely N-dealkylation sites (tertiary alicyclic amines) is 1. The second-order valence-electron chi connectivity index (χ2n) is 9.32. The Bertz CT molecular complexity index is 1450. The number of ether oxygens (including phenoxy) is 1. The lowest BCUT2D eigenvalue weighted by molar-refractivity contribution is 0.0728. The van der Waals surface area contributed by atoms with E-state index in [4.69, 9.17) is 4.74 Å². The summed E-state index contributed by atoms with van der Waals surface area (Å²) < 4.78 is 8.09.